The summed E-state index contributed by atoms with van der Waals surface area (Å²) in [5.41, 5.74) is 2.28. The Hall–Kier alpha value is -1.81. The quantitative estimate of drug-likeness (QED) is 0.760. The summed E-state index contributed by atoms with van der Waals surface area (Å²) in [7, 11) is 0. The number of rotatable bonds is 2. The second kappa shape index (κ2) is 4.46. The van der Waals surface area contributed by atoms with Crippen LogP contribution in [0.3, 0.4) is 0 Å². The maximum atomic E-state index is 11.1. The summed E-state index contributed by atoms with van der Waals surface area (Å²) >= 11 is 0. The predicted molar refractivity (Wildman–Crippen MR) is 69.5 cm³/mol. The summed E-state index contributed by atoms with van der Waals surface area (Å²) in [4.78, 5) is 14.3. The van der Waals surface area contributed by atoms with E-state index < -0.39 is 12.0 Å². The second-order valence-corrected chi connectivity index (χ2v) is 4.83. The molecule has 2 atom stereocenters. The molecule has 0 bridgehead atoms. The van der Waals surface area contributed by atoms with E-state index >= 15 is 0 Å². The molecule has 0 saturated carbocycles. The van der Waals surface area contributed by atoms with Crippen LogP contribution in [0, 0.1) is 0 Å². The molecule has 0 spiro atoms. The molecule has 0 radical (unpaired) electrons. The first-order valence-electron chi connectivity index (χ1n) is 6.30. The normalized spacial score (nSPS) is 24.2. The molecule has 0 aliphatic carbocycles. The number of nitrogens with one attached hydrogen (secondary N) is 2. The Labute approximate surface area is 105 Å². The van der Waals surface area contributed by atoms with Gasteiger partial charge < -0.3 is 10.1 Å². The van der Waals surface area contributed by atoms with Gasteiger partial charge in [-0.15, -0.1) is 0 Å². The lowest BCUT2D eigenvalue weighted by atomic mass is 9.92. The first-order valence-corrected chi connectivity index (χ1v) is 6.30. The molecule has 2 heterocycles. The number of aromatic nitrogens is 1. The third-order valence-electron chi connectivity index (χ3n) is 3.68. The van der Waals surface area contributed by atoms with Crippen molar-refractivity contribution >= 4 is 16.9 Å². The lowest BCUT2D eigenvalue weighted by Crippen LogP contribution is -2.42. The zero-order valence-corrected chi connectivity index (χ0v) is 10.0. The van der Waals surface area contributed by atoms with Gasteiger partial charge in [0.05, 0.1) is 5.52 Å². The number of para-hydroxylation sites is 1. The van der Waals surface area contributed by atoms with Gasteiger partial charge in [-0.2, -0.15) is 0 Å². The van der Waals surface area contributed by atoms with Crippen LogP contribution in [-0.4, -0.2) is 22.1 Å². The van der Waals surface area contributed by atoms with Crippen molar-refractivity contribution in [1.29, 1.82) is 0 Å². The fraction of sp³-hybridized carbons (Fsp3) is 0.357. The lowest BCUT2D eigenvalue weighted by Gasteiger charge is -2.29. The Balaban J connectivity index is 1.94. The monoisotopic (exact) mass is 244 g/mol. The van der Waals surface area contributed by atoms with Crippen molar-refractivity contribution in [2.45, 2.75) is 31.3 Å². The maximum absolute atomic E-state index is 11.1. The van der Waals surface area contributed by atoms with Crippen LogP contribution < -0.4 is 5.32 Å². The number of benzene rings is 1. The molecule has 1 fully saturated rings. The van der Waals surface area contributed by atoms with Crippen LogP contribution in [0.2, 0.25) is 0 Å². The molecule has 1 aliphatic rings. The van der Waals surface area contributed by atoms with Gasteiger partial charge in [-0.25, -0.2) is 0 Å². The fourth-order valence-electron chi connectivity index (χ4n) is 2.78. The van der Waals surface area contributed by atoms with E-state index in [0.717, 1.165) is 18.4 Å². The second-order valence-electron chi connectivity index (χ2n) is 4.83. The van der Waals surface area contributed by atoms with Gasteiger partial charge in [0, 0.05) is 12.2 Å². The van der Waals surface area contributed by atoms with Gasteiger partial charge in [0.1, 0.15) is 6.04 Å². The molecule has 0 amide bonds. The number of piperidine rings is 1. The number of carboxylic acids is 1. The number of aromatic amines is 1. The van der Waals surface area contributed by atoms with Crippen LogP contribution in [0.25, 0.3) is 10.9 Å². The van der Waals surface area contributed by atoms with Crippen molar-refractivity contribution in [3.05, 3.63) is 36.0 Å². The average molecular weight is 244 g/mol. The number of carboxylic acid groups (broad SMARTS) is 1. The standard InChI is InChI=1S/C14H16N2O2/c17-14(18)12-6-2-5-11(16-12)10-4-1-3-9-7-8-15-13(9)10/h1,3-4,7-8,11-12,15-16H,2,5-6H2,(H,17,18). The number of hydrogen-bond acceptors (Lipinski definition) is 2. The van der Waals surface area contributed by atoms with Gasteiger partial charge in [0.25, 0.3) is 0 Å². The molecule has 3 N–H and O–H groups in total. The van der Waals surface area contributed by atoms with Gasteiger partial charge in [-0.05, 0) is 36.3 Å². The Bertz CT molecular complexity index is 576. The highest BCUT2D eigenvalue weighted by Gasteiger charge is 2.27. The van der Waals surface area contributed by atoms with E-state index in [1.165, 1.54) is 10.9 Å². The van der Waals surface area contributed by atoms with Gasteiger partial charge in [-0.3, -0.25) is 10.1 Å². The van der Waals surface area contributed by atoms with E-state index in [4.69, 9.17) is 5.11 Å². The fourth-order valence-corrected chi connectivity index (χ4v) is 2.78. The first-order chi connectivity index (χ1) is 8.75. The molecule has 94 valence electrons. The SMILES string of the molecule is O=C(O)C1CCCC(c2cccc3cc[nH]c23)N1. The molecule has 1 aromatic heterocycles. The van der Waals surface area contributed by atoms with Gasteiger partial charge in [0.15, 0.2) is 0 Å². The first kappa shape index (κ1) is 11.3. The molecule has 1 aromatic carbocycles. The number of carbonyl (C=O) groups is 1. The maximum Gasteiger partial charge on any atom is 0.320 e. The van der Waals surface area contributed by atoms with Gasteiger partial charge >= 0.3 is 5.97 Å². The number of H-pyrrole nitrogens is 1. The summed E-state index contributed by atoms with van der Waals surface area (Å²) < 4.78 is 0. The molecule has 2 unspecified atom stereocenters. The zero-order valence-electron chi connectivity index (χ0n) is 10.0. The summed E-state index contributed by atoms with van der Waals surface area (Å²) in [6.45, 7) is 0. The van der Waals surface area contributed by atoms with Crippen molar-refractivity contribution < 1.29 is 9.90 Å². The lowest BCUT2D eigenvalue weighted by molar-refractivity contribution is -0.140. The van der Waals surface area contributed by atoms with E-state index in [2.05, 4.69) is 22.4 Å². The van der Waals surface area contributed by atoms with E-state index in [0.29, 0.717) is 6.42 Å². The Kier molecular flexibility index (Phi) is 2.80. The van der Waals surface area contributed by atoms with Crippen LogP contribution in [0.1, 0.15) is 30.9 Å². The Morgan fingerprint density at radius 2 is 2.17 bits per heavy atom. The molecular formula is C14H16N2O2. The number of hydrogen-bond donors (Lipinski definition) is 3. The van der Waals surface area contributed by atoms with Crippen molar-refractivity contribution in [3.63, 3.8) is 0 Å². The summed E-state index contributed by atoms with van der Waals surface area (Å²) in [5, 5.41) is 13.5. The van der Waals surface area contributed by atoms with Crippen molar-refractivity contribution in [2.24, 2.45) is 0 Å². The topological polar surface area (TPSA) is 65.1 Å². The summed E-state index contributed by atoms with van der Waals surface area (Å²) in [6, 6.07) is 7.90. The van der Waals surface area contributed by atoms with E-state index in [-0.39, 0.29) is 6.04 Å². The smallest absolute Gasteiger partial charge is 0.320 e. The molecule has 3 rings (SSSR count). The van der Waals surface area contributed by atoms with Crippen molar-refractivity contribution in [1.82, 2.24) is 10.3 Å². The largest absolute Gasteiger partial charge is 0.480 e. The highest BCUT2D eigenvalue weighted by atomic mass is 16.4. The highest BCUT2D eigenvalue weighted by molar-refractivity contribution is 5.83. The Morgan fingerprint density at radius 1 is 1.28 bits per heavy atom. The minimum Gasteiger partial charge on any atom is -0.480 e. The van der Waals surface area contributed by atoms with Crippen LogP contribution in [-0.2, 0) is 4.79 Å². The molecule has 1 aliphatic heterocycles. The summed E-state index contributed by atoms with van der Waals surface area (Å²) in [5.74, 6) is -0.752. The highest BCUT2D eigenvalue weighted by Crippen LogP contribution is 2.30. The van der Waals surface area contributed by atoms with Crippen LogP contribution in [0.5, 0.6) is 0 Å². The zero-order chi connectivity index (χ0) is 12.5. The molecule has 1 saturated heterocycles. The van der Waals surface area contributed by atoms with Crippen LogP contribution in [0.15, 0.2) is 30.5 Å². The molecule has 4 nitrogen and oxygen atoms in total. The van der Waals surface area contributed by atoms with Crippen LogP contribution >= 0.6 is 0 Å². The molecule has 2 aromatic rings. The average Bonchev–Trinajstić information content (AvgIpc) is 2.87. The van der Waals surface area contributed by atoms with E-state index in [9.17, 15) is 4.79 Å². The van der Waals surface area contributed by atoms with Crippen molar-refractivity contribution in [3.8, 4) is 0 Å². The van der Waals surface area contributed by atoms with Crippen molar-refractivity contribution in [2.75, 3.05) is 0 Å². The minimum absolute atomic E-state index is 0.127. The van der Waals surface area contributed by atoms with Gasteiger partial charge in [-0.1, -0.05) is 18.2 Å². The van der Waals surface area contributed by atoms with Crippen LogP contribution in [0.4, 0.5) is 0 Å². The third kappa shape index (κ3) is 1.88. The molecular weight excluding hydrogens is 228 g/mol. The molecule has 4 heteroatoms. The predicted octanol–water partition coefficient (Wildman–Crippen LogP) is 2.44. The van der Waals surface area contributed by atoms with Gasteiger partial charge in [0.2, 0.25) is 0 Å². The summed E-state index contributed by atoms with van der Waals surface area (Å²) in [6.07, 6.45) is 4.58. The molecule has 18 heavy (non-hydrogen) atoms. The van der Waals surface area contributed by atoms with E-state index in [1.54, 1.807) is 0 Å². The minimum atomic E-state index is -0.752. The van der Waals surface area contributed by atoms with E-state index in [1.807, 2.05) is 18.3 Å². The Morgan fingerprint density at radius 3 is 3.00 bits per heavy atom. The third-order valence-corrected chi connectivity index (χ3v) is 3.68. The number of aliphatic carboxylic acids is 1. The number of fused-ring (bicyclic) bond motifs is 1.